The number of ether oxygens (including phenoxy) is 1. The first-order valence-corrected chi connectivity index (χ1v) is 8.81. The molecule has 1 aromatic carbocycles. The minimum absolute atomic E-state index is 0.676. The standard InChI is InChI=1S/C20H26N4O/c1-15-5-3-4-6-18(15)13-24-20(21-2)23-12-17-9-10-22-19(11-17)25-14-16-7-8-16/h3-6,9-11,16H,7-8,12-14H2,1-2H3,(H2,21,23,24). The Bertz CT molecular complexity index is 725. The molecule has 1 aromatic heterocycles. The lowest BCUT2D eigenvalue weighted by Crippen LogP contribution is -2.36. The van der Waals surface area contributed by atoms with Crippen molar-refractivity contribution in [3.63, 3.8) is 0 Å². The normalized spacial score (nSPS) is 14.2. The molecule has 5 nitrogen and oxygen atoms in total. The monoisotopic (exact) mass is 338 g/mol. The van der Waals surface area contributed by atoms with Gasteiger partial charge in [0.05, 0.1) is 6.61 Å². The van der Waals surface area contributed by atoms with Crippen LogP contribution in [0.5, 0.6) is 5.88 Å². The Morgan fingerprint density at radius 2 is 2.00 bits per heavy atom. The molecule has 0 radical (unpaired) electrons. The first kappa shape index (κ1) is 17.3. The van der Waals surface area contributed by atoms with Gasteiger partial charge in [0.15, 0.2) is 5.96 Å². The molecular formula is C20H26N4O. The van der Waals surface area contributed by atoms with Crippen LogP contribution in [0.3, 0.4) is 0 Å². The second kappa shape index (κ2) is 8.51. The van der Waals surface area contributed by atoms with Crippen molar-refractivity contribution in [2.75, 3.05) is 13.7 Å². The Kier molecular flexibility index (Phi) is 5.88. The van der Waals surface area contributed by atoms with Crippen LogP contribution < -0.4 is 15.4 Å². The number of aliphatic imine (C=N–C) groups is 1. The zero-order valence-corrected chi connectivity index (χ0v) is 15.0. The zero-order valence-electron chi connectivity index (χ0n) is 15.0. The summed E-state index contributed by atoms with van der Waals surface area (Å²) in [6.07, 6.45) is 4.36. The Morgan fingerprint density at radius 3 is 2.76 bits per heavy atom. The molecule has 1 heterocycles. The molecule has 0 saturated heterocycles. The highest BCUT2D eigenvalue weighted by molar-refractivity contribution is 5.79. The van der Waals surface area contributed by atoms with Gasteiger partial charge in [-0.05, 0) is 48.4 Å². The fourth-order valence-corrected chi connectivity index (χ4v) is 2.52. The fraction of sp³-hybridized carbons (Fsp3) is 0.400. The van der Waals surface area contributed by atoms with Gasteiger partial charge in [-0.25, -0.2) is 4.98 Å². The van der Waals surface area contributed by atoms with Gasteiger partial charge < -0.3 is 15.4 Å². The highest BCUT2D eigenvalue weighted by atomic mass is 16.5. The minimum Gasteiger partial charge on any atom is -0.477 e. The number of hydrogen-bond acceptors (Lipinski definition) is 3. The molecule has 25 heavy (non-hydrogen) atoms. The van der Waals surface area contributed by atoms with E-state index in [1.54, 1.807) is 13.2 Å². The maximum Gasteiger partial charge on any atom is 0.213 e. The lowest BCUT2D eigenvalue weighted by Gasteiger charge is -2.13. The molecule has 2 aromatic rings. The van der Waals surface area contributed by atoms with E-state index in [1.807, 2.05) is 12.1 Å². The van der Waals surface area contributed by atoms with Gasteiger partial charge in [-0.2, -0.15) is 0 Å². The molecule has 2 N–H and O–H groups in total. The van der Waals surface area contributed by atoms with E-state index in [0.717, 1.165) is 30.6 Å². The topological polar surface area (TPSA) is 58.5 Å². The van der Waals surface area contributed by atoms with Crippen LogP contribution in [0.2, 0.25) is 0 Å². The maximum atomic E-state index is 5.74. The number of pyridine rings is 1. The van der Waals surface area contributed by atoms with Crippen LogP contribution in [0.1, 0.15) is 29.5 Å². The predicted molar refractivity (Wildman–Crippen MR) is 101 cm³/mol. The molecule has 1 aliphatic carbocycles. The van der Waals surface area contributed by atoms with Crippen molar-refractivity contribution in [2.45, 2.75) is 32.9 Å². The third kappa shape index (κ3) is 5.48. The van der Waals surface area contributed by atoms with Crippen molar-refractivity contribution >= 4 is 5.96 Å². The van der Waals surface area contributed by atoms with Gasteiger partial charge in [-0.3, -0.25) is 4.99 Å². The fourth-order valence-electron chi connectivity index (χ4n) is 2.52. The number of hydrogen-bond donors (Lipinski definition) is 2. The van der Waals surface area contributed by atoms with Crippen LogP contribution in [-0.2, 0) is 13.1 Å². The first-order chi connectivity index (χ1) is 12.2. The highest BCUT2D eigenvalue weighted by Crippen LogP contribution is 2.29. The summed E-state index contributed by atoms with van der Waals surface area (Å²) < 4.78 is 5.74. The van der Waals surface area contributed by atoms with E-state index < -0.39 is 0 Å². The van der Waals surface area contributed by atoms with Crippen LogP contribution in [0, 0.1) is 12.8 Å². The zero-order chi connectivity index (χ0) is 17.5. The second-order valence-corrected chi connectivity index (χ2v) is 6.46. The highest BCUT2D eigenvalue weighted by Gasteiger charge is 2.22. The minimum atomic E-state index is 0.676. The van der Waals surface area contributed by atoms with Gasteiger partial charge in [-0.1, -0.05) is 24.3 Å². The molecule has 132 valence electrons. The van der Waals surface area contributed by atoms with E-state index in [4.69, 9.17) is 4.74 Å². The summed E-state index contributed by atoms with van der Waals surface area (Å²) >= 11 is 0. The number of rotatable bonds is 7. The predicted octanol–water partition coefficient (Wildman–Crippen LogP) is 3.04. The molecule has 0 aliphatic heterocycles. The van der Waals surface area contributed by atoms with Crippen molar-refractivity contribution in [2.24, 2.45) is 10.9 Å². The number of nitrogens with one attached hydrogen (secondary N) is 2. The Balaban J connectivity index is 1.49. The summed E-state index contributed by atoms with van der Waals surface area (Å²) in [6.45, 7) is 4.32. The molecular weight excluding hydrogens is 312 g/mol. The largest absolute Gasteiger partial charge is 0.477 e. The Labute approximate surface area is 149 Å². The van der Waals surface area contributed by atoms with Crippen LogP contribution >= 0.6 is 0 Å². The number of aryl methyl sites for hydroxylation is 1. The van der Waals surface area contributed by atoms with E-state index in [0.29, 0.717) is 12.4 Å². The molecule has 0 bridgehead atoms. The summed E-state index contributed by atoms with van der Waals surface area (Å²) in [5.41, 5.74) is 3.67. The molecule has 0 unspecified atom stereocenters. The van der Waals surface area contributed by atoms with E-state index in [-0.39, 0.29) is 0 Å². The molecule has 3 rings (SSSR count). The molecule has 0 spiro atoms. The average Bonchev–Trinajstić information content (AvgIpc) is 3.46. The number of guanidine groups is 1. The van der Waals surface area contributed by atoms with Gasteiger partial charge in [0.25, 0.3) is 0 Å². The number of nitrogens with zero attached hydrogens (tertiary/aromatic N) is 2. The van der Waals surface area contributed by atoms with E-state index >= 15 is 0 Å². The van der Waals surface area contributed by atoms with Gasteiger partial charge >= 0.3 is 0 Å². The lowest BCUT2D eigenvalue weighted by molar-refractivity contribution is 0.288. The van der Waals surface area contributed by atoms with Gasteiger partial charge in [0, 0.05) is 32.4 Å². The molecule has 5 heteroatoms. The summed E-state index contributed by atoms with van der Waals surface area (Å²) in [5, 5.41) is 6.69. The summed E-state index contributed by atoms with van der Waals surface area (Å²) in [7, 11) is 1.78. The Hall–Kier alpha value is -2.56. The van der Waals surface area contributed by atoms with Crippen molar-refractivity contribution in [1.29, 1.82) is 0 Å². The smallest absolute Gasteiger partial charge is 0.213 e. The van der Waals surface area contributed by atoms with Gasteiger partial charge in [0.1, 0.15) is 0 Å². The third-order valence-corrected chi connectivity index (χ3v) is 4.35. The van der Waals surface area contributed by atoms with Crippen molar-refractivity contribution in [1.82, 2.24) is 15.6 Å². The number of aromatic nitrogens is 1. The first-order valence-electron chi connectivity index (χ1n) is 8.81. The SMILES string of the molecule is CN=C(NCc1ccnc(OCC2CC2)c1)NCc1ccccc1C. The van der Waals surface area contributed by atoms with Gasteiger partial charge in [-0.15, -0.1) is 0 Å². The third-order valence-electron chi connectivity index (χ3n) is 4.35. The second-order valence-electron chi connectivity index (χ2n) is 6.46. The Morgan fingerprint density at radius 1 is 1.20 bits per heavy atom. The molecule has 1 saturated carbocycles. The summed E-state index contributed by atoms with van der Waals surface area (Å²) in [6, 6.07) is 12.3. The van der Waals surface area contributed by atoms with Gasteiger partial charge in [0.2, 0.25) is 5.88 Å². The van der Waals surface area contributed by atoms with Crippen LogP contribution in [0.15, 0.2) is 47.6 Å². The van der Waals surface area contributed by atoms with Crippen molar-refractivity contribution in [3.8, 4) is 5.88 Å². The lowest BCUT2D eigenvalue weighted by atomic mass is 10.1. The number of benzene rings is 1. The molecule has 0 atom stereocenters. The summed E-state index contributed by atoms with van der Waals surface area (Å²) in [4.78, 5) is 8.56. The summed E-state index contributed by atoms with van der Waals surface area (Å²) in [5.74, 6) is 2.21. The van der Waals surface area contributed by atoms with E-state index in [9.17, 15) is 0 Å². The van der Waals surface area contributed by atoms with Crippen molar-refractivity contribution < 1.29 is 4.74 Å². The quantitative estimate of drug-likeness (QED) is 0.602. The maximum absolute atomic E-state index is 5.74. The van der Waals surface area contributed by atoms with Crippen LogP contribution in [0.4, 0.5) is 0 Å². The molecule has 0 amide bonds. The van der Waals surface area contributed by atoms with Crippen LogP contribution in [0.25, 0.3) is 0 Å². The van der Waals surface area contributed by atoms with E-state index in [2.05, 4.69) is 51.8 Å². The molecule has 1 fully saturated rings. The average molecular weight is 338 g/mol. The van der Waals surface area contributed by atoms with Crippen LogP contribution in [-0.4, -0.2) is 24.6 Å². The molecule has 1 aliphatic rings. The van der Waals surface area contributed by atoms with Crippen molar-refractivity contribution in [3.05, 3.63) is 59.3 Å². The van der Waals surface area contributed by atoms with E-state index in [1.165, 1.54) is 24.0 Å².